The molecule has 2 aromatic rings. The van der Waals surface area contributed by atoms with Gasteiger partial charge in [0.2, 0.25) is 0 Å². The summed E-state index contributed by atoms with van der Waals surface area (Å²) in [6, 6.07) is 8.16. The van der Waals surface area contributed by atoms with Gasteiger partial charge in [-0.05, 0) is 24.3 Å². The van der Waals surface area contributed by atoms with Crippen LogP contribution in [0.25, 0.3) is 0 Å². The Kier molecular flexibility index (Phi) is 3.33. The average Bonchev–Trinajstić information content (AvgIpc) is 2.38. The van der Waals surface area contributed by atoms with Crippen LogP contribution in [0.1, 0.15) is 11.3 Å². The summed E-state index contributed by atoms with van der Waals surface area (Å²) in [5.41, 5.74) is -0.765. The van der Waals surface area contributed by atoms with Crippen molar-refractivity contribution in [1.82, 2.24) is 9.97 Å². The Labute approximate surface area is 106 Å². The first-order chi connectivity index (χ1) is 8.99. The van der Waals surface area contributed by atoms with Gasteiger partial charge in [-0.1, -0.05) is 6.07 Å². The minimum absolute atomic E-state index is 0.193. The highest BCUT2D eigenvalue weighted by Crippen LogP contribution is 2.28. The van der Waals surface area contributed by atoms with E-state index in [9.17, 15) is 13.2 Å². The average molecular weight is 265 g/mol. The normalized spacial score (nSPS) is 10.8. The molecule has 1 aromatic heterocycles. The number of benzene rings is 1. The molecule has 0 bridgehead atoms. The molecule has 0 radical (unpaired) electrons. The molecule has 0 aliphatic rings. The Morgan fingerprint density at radius 1 is 1.21 bits per heavy atom. The standard InChI is InChI=1S/C12H6F3N3O/c13-12(14,15)10-4-5-17-11(18-10)19-9-3-1-2-8(6-9)7-16/h1-6H. The van der Waals surface area contributed by atoms with Crippen LogP contribution in [0.15, 0.2) is 36.5 Å². The van der Waals surface area contributed by atoms with Gasteiger partial charge >= 0.3 is 12.2 Å². The van der Waals surface area contributed by atoms with Crippen LogP contribution >= 0.6 is 0 Å². The van der Waals surface area contributed by atoms with Crippen molar-refractivity contribution < 1.29 is 17.9 Å². The third-order valence-corrected chi connectivity index (χ3v) is 2.10. The molecule has 19 heavy (non-hydrogen) atoms. The quantitative estimate of drug-likeness (QED) is 0.836. The Morgan fingerprint density at radius 3 is 2.68 bits per heavy atom. The number of nitriles is 1. The highest BCUT2D eigenvalue weighted by Gasteiger charge is 2.33. The van der Waals surface area contributed by atoms with Crippen molar-refractivity contribution in [2.75, 3.05) is 0 Å². The smallest absolute Gasteiger partial charge is 0.424 e. The van der Waals surface area contributed by atoms with Crippen molar-refractivity contribution >= 4 is 0 Å². The number of nitrogens with zero attached hydrogens (tertiary/aromatic N) is 3. The molecule has 0 aliphatic heterocycles. The van der Waals surface area contributed by atoms with E-state index in [1.807, 2.05) is 6.07 Å². The fraction of sp³-hybridized carbons (Fsp3) is 0.0833. The first kappa shape index (κ1) is 12.8. The summed E-state index contributed by atoms with van der Waals surface area (Å²) >= 11 is 0. The summed E-state index contributed by atoms with van der Waals surface area (Å²) in [5, 5.41) is 8.69. The summed E-state index contributed by atoms with van der Waals surface area (Å²) in [5.74, 6) is 0.193. The zero-order valence-electron chi connectivity index (χ0n) is 9.35. The summed E-state index contributed by atoms with van der Waals surface area (Å²) in [7, 11) is 0. The molecule has 1 aromatic carbocycles. The van der Waals surface area contributed by atoms with Crippen LogP contribution in [-0.2, 0) is 6.18 Å². The summed E-state index contributed by atoms with van der Waals surface area (Å²) in [6.45, 7) is 0. The van der Waals surface area contributed by atoms with E-state index in [0.29, 0.717) is 5.56 Å². The van der Waals surface area contributed by atoms with Crippen molar-refractivity contribution in [1.29, 1.82) is 5.26 Å². The molecule has 96 valence electrons. The van der Waals surface area contributed by atoms with E-state index in [1.54, 1.807) is 12.1 Å². The van der Waals surface area contributed by atoms with Crippen molar-refractivity contribution in [3.63, 3.8) is 0 Å². The molecule has 2 rings (SSSR count). The molecule has 1 heterocycles. The van der Waals surface area contributed by atoms with Gasteiger partial charge in [-0.2, -0.15) is 23.4 Å². The second-order valence-electron chi connectivity index (χ2n) is 3.46. The fourth-order valence-corrected chi connectivity index (χ4v) is 1.28. The number of alkyl halides is 3. The monoisotopic (exact) mass is 265 g/mol. The van der Waals surface area contributed by atoms with Gasteiger partial charge in [0.05, 0.1) is 11.6 Å². The highest BCUT2D eigenvalue weighted by atomic mass is 19.4. The van der Waals surface area contributed by atoms with Crippen LogP contribution in [0.4, 0.5) is 13.2 Å². The summed E-state index contributed by atoms with van der Waals surface area (Å²) in [4.78, 5) is 6.84. The minimum atomic E-state index is -4.56. The van der Waals surface area contributed by atoms with Gasteiger partial charge in [0.15, 0.2) is 5.69 Å². The van der Waals surface area contributed by atoms with E-state index in [-0.39, 0.29) is 5.75 Å². The maximum atomic E-state index is 12.4. The molecule has 0 unspecified atom stereocenters. The van der Waals surface area contributed by atoms with Crippen molar-refractivity contribution in [3.05, 3.63) is 47.8 Å². The van der Waals surface area contributed by atoms with Crippen molar-refractivity contribution in [3.8, 4) is 17.8 Å². The molecule has 0 aliphatic carbocycles. The second-order valence-corrected chi connectivity index (χ2v) is 3.46. The first-order valence-electron chi connectivity index (χ1n) is 5.07. The maximum Gasteiger partial charge on any atom is 0.433 e. The molecule has 0 amide bonds. The second kappa shape index (κ2) is 4.94. The third kappa shape index (κ3) is 3.19. The topological polar surface area (TPSA) is 58.8 Å². The third-order valence-electron chi connectivity index (χ3n) is 2.10. The molecular weight excluding hydrogens is 259 g/mol. The van der Waals surface area contributed by atoms with Crippen LogP contribution in [0.2, 0.25) is 0 Å². The van der Waals surface area contributed by atoms with Gasteiger partial charge in [0.1, 0.15) is 5.75 Å². The van der Waals surface area contributed by atoms with E-state index in [0.717, 1.165) is 12.3 Å². The lowest BCUT2D eigenvalue weighted by Crippen LogP contribution is -2.08. The Hall–Kier alpha value is -2.62. The molecular formula is C12H6F3N3O. The van der Waals surface area contributed by atoms with Gasteiger partial charge < -0.3 is 4.74 Å². The maximum absolute atomic E-state index is 12.4. The number of hydrogen-bond acceptors (Lipinski definition) is 4. The van der Waals surface area contributed by atoms with Gasteiger partial charge in [0.25, 0.3) is 0 Å². The molecule has 0 N–H and O–H groups in total. The largest absolute Gasteiger partial charge is 0.433 e. The van der Waals surface area contributed by atoms with E-state index in [4.69, 9.17) is 10.00 Å². The van der Waals surface area contributed by atoms with Crippen LogP contribution in [0, 0.1) is 11.3 Å². The molecule has 0 spiro atoms. The predicted octanol–water partition coefficient (Wildman–Crippen LogP) is 3.16. The number of halogens is 3. The molecule has 0 saturated heterocycles. The Bertz CT molecular complexity index is 635. The van der Waals surface area contributed by atoms with Crippen LogP contribution in [0.3, 0.4) is 0 Å². The number of hydrogen-bond donors (Lipinski definition) is 0. The predicted molar refractivity (Wildman–Crippen MR) is 58.3 cm³/mol. The zero-order valence-corrected chi connectivity index (χ0v) is 9.35. The molecule has 7 heteroatoms. The van der Waals surface area contributed by atoms with E-state index in [2.05, 4.69) is 9.97 Å². The molecule has 0 saturated carbocycles. The minimum Gasteiger partial charge on any atom is -0.424 e. The van der Waals surface area contributed by atoms with Crippen molar-refractivity contribution in [2.45, 2.75) is 6.18 Å². The summed E-state index contributed by atoms with van der Waals surface area (Å²) in [6.07, 6.45) is -3.60. The van der Waals surface area contributed by atoms with Gasteiger partial charge in [-0.15, -0.1) is 0 Å². The molecule has 0 atom stereocenters. The van der Waals surface area contributed by atoms with Gasteiger partial charge in [-0.25, -0.2) is 4.98 Å². The van der Waals surface area contributed by atoms with Crippen LogP contribution in [-0.4, -0.2) is 9.97 Å². The number of rotatable bonds is 2. The van der Waals surface area contributed by atoms with E-state index in [1.165, 1.54) is 12.1 Å². The Morgan fingerprint density at radius 2 is 2.00 bits per heavy atom. The van der Waals surface area contributed by atoms with Crippen LogP contribution < -0.4 is 4.74 Å². The lowest BCUT2D eigenvalue weighted by molar-refractivity contribution is -0.141. The van der Waals surface area contributed by atoms with Crippen LogP contribution in [0.5, 0.6) is 11.8 Å². The number of ether oxygens (including phenoxy) is 1. The van der Waals surface area contributed by atoms with Gasteiger partial charge in [0, 0.05) is 6.20 Å². The molecule has 4 nitrogen and oxygen atoms in total. The lowest BCUT2D eigenvalue weighted by atomic mass is 10.2. The van der Waals surface area contributed by atoms with E-state index >= 15 is 0 Å². The number of aromatic nitrogens is 2. The van der Waals surface area contributed by atoms with Crippen molar-refractivity contribution in [2.24, 2.45) is 0 Å². The van der Waals surface area contributed by atoms with E-state index < -0.39 is 17.9 Å². The zero-order chi connectivity index (χ0) is 13.9. The molecule has 0 fully saturated rings. The first-order valence-corrected chi connectivity index (χ1v) is 5.07. The van der Waals surface area contributed by atoms with Gasteiger partial charge in [-0.3, -0.25) is 0 Å². The highest BCUT2D eigenvalue weighted by molar-refractivity contribution is 5.37. The Balaban J connectivity index is 2.26. The summed E-state index contributed by atoms with van der Waals surface area (Å²) < 4.78 is 42.4. The SMILES string of the molecule is N#Cc1cccc(Oc2nccc(C(F)(F)F)n2)c1. The fourth-order valence-electron chi connectivity index (χ4n) is 1.28. The lowest BCUT2D eigenvalue weighted by Gasteiger charge is -2.07.